The highest BCUT2D eigenvalue weighted by Crippen LogP contribution is 2.49. The van der Waals surface area contributed by atoms with Crippen molar-refractivity contribution in [1.82, 2.24) is 8.80 Å². The van der Waals surface area contributed by atoms with Gasteiger partial charge in [0.1, 0.15) is 0 Å². The number of nitrogens with zero attached hydrogens (tertiary/aromatic N) is 4. The summed E-state index contributed by atoms with van der Waals surface area (Å²) in [6, 6.07) is 63.1. The van der Waals surface area contributed by atoms with Crippen molar-refractivity contribution in [1.29, 1.82) is 0 Å². The van der Waals surface area contributed by atoms with E-state index in [1.807, 2.05) is 60.7 Å². The molecule has 13 aromatic rings. The van der Waals surface area contributed by atoms with E-state index < -0.39 is 0 Å². The van der Waals surface area contributed by atoms with Crippen molar-refractivity contribution in [2.45, 2.75) is 0 Å². The van der Waals surface area contributed by atoms with Gasteiger partial charge in [-0.05, 0) is 84.9 Å². The lowest BCUT2D eigenvalue weighted by atomic mass is 10.0. The molecule has 0 fully saturated rings. The fourth-order valence-electron chi connectivity index (χ4n) is 9.84. The monoisotopic (exact) mass is 742 g/mol. The van der Waals surface area contributed by atoms with Gasteiger partial charge in [-0.1, -0.05) is 121 Å². The fraction of sp³-hybridized carbons (Fsp3) is 0. The first-order valence-corrected chi connectivity index (χ1v) is 19.6. The van der Waals surface area contributed by atoms with Crippen molar-refractivity contribution >= 4 is 110 Å². The molecule has 0 spiro atoms. The van der Waals surface area contributed by atoms with Crippen LogP contribution >= 0.6 is 0 Å². The minimum Gasteiger partial charge on any atom is -0.310 e. The molecule has 0 N–H and O–H groups in total. The van der Waals surface area contributed by atoms with Crippen LogP contribution in [-0.2, 0) is 0 Å². The van der Waals surface area contributed by atoms with E-state index in [1.165, 1.54) is 32.6 Å². The maximum Gasteiger partial charge on any atom is 0.0623 e. The van der Waals surface area contributed by atoms with Crippen molar-refractivity contribution in [2.75, 3.05) is 9.80 Å². The van der Waals surface area contributed by atoms with Gasteiger partial charge in [0, 0.05) is 65.8 Å². The molecular formula is C54H34N4. The Labute approximate surface area is 339 Å². The zero-order valence-electron chi connectivity index (χ0n) is 35.1. The third-order valence-corrected chi connectivity index (χ3v) is 12.0. The van der Waals surface area contributed by atoms with Gasteiger partial charge in [-0.25, -0.2) is 0 Å². The molecule has 4 aromatic heterocycles. The molecule has 0 amide bonds. The lowest BCUT2D eigenvalue weighted by Gasteiger charge is -2.26. The molecule has 13 rings (SSSR count). The molecule has 4 heterocycles. The Morgan fingerprint density at radius 2 is 0.690 bits per heavy atom. The van der Waals surface area contributed by atoms with Crippen LogP contribution in [0.15, 0.2) is 206 Å². The number of hydrogen-bond acceptors (Lipinski definition) is 2. The standard InChI is InChI=1S/C54H34N4/c1-5-17-35(18-6-1)55(36-19-7-2-8-20-36)45-29-15-31-47-51(45)41-27-13-25-39-43-34-50-44(33-49(43)57(47)53(39)41)40-26-14-28-42-52-46(30-16-32-48(52)58(50)54(40)42)56(37-21-9-3-10-22-37)38-23-11-4-12-24-38/h1-34H/i5D,6D,9D,10D. The summed E-state index contributed by atoms with van der Waals surface area (Å²) in [6.07, 6.45) is 0. The second kappa shape index (κ2) is 11.8. The second-order valence-corrected chi connectivity index (χ2v) is 15.0. The van der Waals surface area contributed by atoms with Crippen molar-refractivity contribution in [3.8, 4) is 0 Å². The zero-order valence-corrected chi connectivity index (χ0v) is 31.1. The summed E-state index contributed by atoms with van der Waals surface area (Å²) in [5.41, 5.74) is 12.2. The van der Waals surface area contributed by atoms with E-state index >= 15 is 0 Å². The lowest BCUT2D eigenvalue weighted by molar-refractivity contribution is 1.29. The van der Waals surface area contributed by atoms with Crippen LogP contribution in [0.25, 0.3) is 76.2 Å². The average molecular weight is 743 g/mol. The minimum absolute atomic E-state index is 0.300. The maximum atomic E-state index is 8.54. The predicted octanol–water partition coefficient (Wildman–Crippen LogP) is 14.9. The smallest absolute Gasteiger partial charge is 0.0623 e. The third-order valence-electron chi connectivity index (χ3n) is 12.0. The number of benzene rings is 9. The number of hydrogen-bond donors (Lipinski definition) is 0. The van der Waals surface area contributed by atoms with E-state index in [9.17, 15) is 0 Å². The summed E-state index contributed by atoms with van der Waals surface area (Å²) in [5.74, 6) is 0. The van der Waals surface area contributed by atoms with Gasteiger partial charge >= 0.3 is 0 Å². The molecule has 0 bridgehead atoms. The highest BCUT2D eigenvalue weighted by molar-refractivity contribution is 6.31. The van der Waals surface area contributed by atoms with E-state index in [4.69, 9.17) is 5.48 Å². The SMILES string of the molecule is [2H]c1cc([2H])cc(N(c2ccccc2)c2cccc3c2c2cccc4c5cc6c(cc5n3c42)c2cccc3c4c(N(c5ccccc5)c5cc([2H])cc([2H])c5)cccc4n6c23)c1. The van der Waals surface area contributed by atoms with E-state index in [1.54, 1.807) is 12.1 Å². The molecule has 58 heavy (non-hydrogen) atoms. The number of rotatable bonds is 6. The molecule has 0 unspecified atom stereocenters. The molecule has 9 aromatic carbocycles. The Morgan fingerprint density at radius 3 is 1.12 bits per heavy atom. The van der Waals surface area contributed by atoms with Crippen LogP contribution in [-0.4, -0.2) is 8.80 Å². The first-order valence-electron chi connectivity index (χ1n) is 21.6. The maximum absolute atomic E-state index is 8.54. The van der Waals surface area contributed by atoms with Gasteiger partial charge in [0.15, 0.2) is 0 Å². The van der Waals surface area contributed by atoms with E-state index in [2.05, 4.69) is 128 Å². The van der Waals surface area contributed by atoms with Crippen molar-refractivity contribution in [2.24, 2.45) is 0 Å². The zero-order chi connectivity index (χ0) is 41.4. The normalized spacial score (nSPS) is 13.1. The van der Waals surface area contributed by atoms with Crippen LogP contribution in [0.5, 0.6) is 0 Å². The topological polar surface area (TPSA) is 15.3 Å². The highest BCUT2D eigenvalue weighted by atomic mass is 15.2. The Morgan fingerprint density at radius 1 is 0.310 bits per heavy atom. The first kappa shape index (κ1) is 27.7. The summed E-state index contributed by atoms with van der Waals surface area (Å²) in [6.45, 7) is 0. The highest BCUT2D eigenvalue weighted by Gasteiger charge is 2.26. The summed E-state index contributed by atoms with van der Waals surface area (Å²) in [5, 5.41) is 9.23. The molecular weight excluding hydrogens is 705 g/mol. The minimum atomic E-state index is 0.300. The Kier molecular flexibility index (Phi) is 5.66. The predicted molar refractivity (Wildman–Crippen MR) is 245 cm³/mol. The molecule has 0 aliphatic carbocycles. The number of aromatic nitrogens is 2. The largest absolute Gasteiger partial charge is 0.310 e. The molecule has 0 saturated heterocycles. The summed E-state index contributed by atoms with van der Waals surface area (Å²) >= 11 is 0. The van der Waals surface area contributed by atoms with Gasteiger partial charge < -0.3 is 18.6 Å². The molecule has 0 aliphatic heterocycles. The van der Waals surface area contributed by atoms with Crippen molar-refractivity contribution in [3.05, 3.63) is 206 Å². The van der Waals surface area contributed by atoms with Crippen LogP contribution in [0.1, 0.15) is 5.48 Å². The molecule has 0 atom stereocenters. The summed E-state index contributed by atoms with van der Waals surface area (Å²) < 4.78 is 39.0. The van der Waals surface area contributed by atoms with Crippen molar-refractivity contribution in [3.63, 3.8) is 0 Å². The second-order valence-electron chi connectivity index (χ2n) is 15.0. The lowest BCUT2D eigenvalue weighted by Crippen LogP contribution is -2.10. The van der Waals surface area contributed by atoms with Gasteiger partial charge in [-0.3, -0.25) is 0 Å². The molecule has 4 heteroatoms. The van der Waals surface area contributed by atoms with Crippen LogP contribution in [0.4, 0.5) is 34.1 Å². The van der Waals surface area contributed by atoms with Crippen LogP contribution < -0.4 is 9.80 Å². The molecule has 0 saturated carbocycles. The average Bonchev–Trinajstić information content (AvgIpc) is 4.00. The molecule has 270 valence electrons. The Balaban J connectivity index is 1.09. The van der Waals surface area contributed by atoms with E-state index in [-0.39, 0.29) is 0 Å². The molecule has 0 radical (unpaired) electrons. The van der Waals surface area contributed by atoms with Crippen LogP contribution in [0, 0.1) is 0 Å². The van der Waals surface area contributed by atoms with Gasteiger partial charge in [0.05, 0.1) is 50.0 Å². The van der Waals surface area contributed by atoms with Crippen LogP contribution in [0.3, 0.4) is 0 Å². The van der Waals surface area contributed by atoms with Gasteiger partial charge in [-0.2, -0.15) is 0 Å². The number of anilines is 6. The molecule has 0 aliphatic rings. The van der Waals surface area contributed by atoms with E-state index in [0.717, 1.165) is 77.7 Å². The number of para-hydroxylation sites is 6. The summed E-state index contributed by atoms with van der Waals surface area (Å²) in [4.78, 5) is 4.36. The quantitative estimate of drug-likeness (QED) is 0.169. The van der Waals surface area contributed by atoms with Crippen molar-refractivity contribution < 1.29 is 5.48 Å². The van der Waals surface area contributed by atoms with Crippen LogP contribution in [0.2, 0.25) is 0 Å². The Bertz CT molecular complexity index is 3630. The first-order chi connectivity index (χ1) is 30.4. The van der Waals surface area contributed by atoms with Gasteiger partial charge in [0.25, 0.3) is 0 Å². The third kappa shape index (κ3) is 4.18. The van der Waals surface area contributed by atoms with Gasteiger partial charge in [-0.15, -0.1) is 0 Å². The fourth-order valence-corrected chi connectivity index (χ4v) is 9.84. The van der Waals surface area contributed by atoms with Gasteiger partial charge in [0.2, 0.25) is 0 Å². The number of fused-ring (bicyclic) bond motifs is 12. The Hall–Kier alpha value is -7.82. The molecule has 4 nitrogen and oxygen atoms in total. The summed E-state index contributed by atoms with van der Waals surface area (Å²) in [7, 11) is 0. The van der Waals surface area contributed by atoms with E-state index in [0.29, 0.717) is 24.2 Å².